The van der Waals surface area contributed by atoms with E-state index in [1.807, 2.05) is 29.6 Å². The number of phenolic OH excluding ortho intramolecular Hbond substituents is 2. The molecule has 2 aromatic carbocycles. The zero-order valence-electron chi connectivity index (χ0n) is 16.0. The fourth-order valence-corrected chi connectivity index (χ4v) is 3.54. The van der Waals surface area contributed by atoms with E-state index in [0.29, 0.717) is 10.8 Å². The summed E-state index contributed by atoms with van der Waals surface area (Å²) in [6.07, 6.45) is 0. The average Bonchev–Trinajstić information content (AvgIpc) is 3.33. The molecule has 0 spiro atoms. The lowest BCUT2D eigenvalue weighted by Gasteiger charge is -2.00. The maximum Gasteiger partial charge on any atom is 0.301 e. The summed E-state index contributed by atoms with van der Waals surface area (Å²) in [7, 11) is 1.61. The van der Waals surface area contributed by atoms with Crippen LogP contribution in [0.4, 0.5) is 11.4 Å². The number of rotatable bonds is 5. The number of thiazole rings is 1. The standard InChI is InChI=1S/C20H17N5O4S/c1-11-18(23-22-15-8-5-13(26)9-17(15)27)19(28)25(24-11)20-21-16(10-30-20)12-3-6-14(29-2)7-4-12/h3-10,24,26-27H,1-2H3. The summed E-state index contributed by atoms with van der Waals surface area (Å²) in [6.45, 7) is 1.70. The van der Waals surface area contributed by atoms with Crippen molar-refractivity contribution >= 4 is 22.7 Å². The van der Waals surface area contributed by atoms with Crippen LogP contribution in [0.2, 0.25) is 0 Å². The molecular weight excluding hydrogens is 406 g/mol. The number of phenols is 2. The number of benzene rings is 2. The second kappa shape index (κ2) is 7.84. The van der Waals surface area contributed by atoms with Gasteiger partial charge in [-0.2, -0.15) is 4.68 Å². The second-order valence-corrected chi connectivity index (χ2v) is 7.18. The molecule has 0 unspecified atom stereocenters. The minimum absolute atomic E-state index is 0.0944. The monoisotopic (exact) mass is 423 g/mol. The maximum absolute atomic E-state index is 12.8. The molecule has 4 aromatic rings. The van der Waals surface area contributed by atoms with Gasteiger partial charge in [0.05, 0.1) is 18.5 Å². The van der Waals surface area contributed by atoms with Gasteiger partial charge in [-0.1, -0.05) is 0 Å². The van der Waals surface area contributed by atoms with Crippen molar-refractivity contribution < 1.29 is 14.9 Å². The normalized spacial score (nSPS) is 11.3. The topological polar surface area (TPSA) is 125 Å². The number of azo groups is 1. The molecule has 0 aliphatic heterocycles. The van der Waals surface area contributed by atoms with Crippen molar-refractivity contribution in [2.75, 3.05) is 7.11 Å². The molecule has 0 saturated carbocycles. The summed E-state index contributed by atoms with van der Waals surface area (Å²) in [5.41, 5.74) is 1.96. The van der Waals surface area contributed by atoms with Crippen LogP contribution in [-0.4, -0.2) is 32.1 Å². The fourth-order valence-electron chi connectivity index (χ4n) is 2.75. The molecule has 0 aliphatic carbocycles. The van der Waals surface area contributed by atoms with E-state index in [1.54, 1.807) is 14.0 Å². The van der Waals surface area contributed by atoms with Gasteiger partial charge < -0.3 is 14.9 Å². The van der Waals surface area contributed by atoms with E-state index < -0.39 is 5.56 Å². The first-order valence-corrected chi connectivity index (χ1v) is 9.70. The van der Waals surface area contributed by atoms with Crippen molar-refractivity contribution in [2.45, 2.75) is 6.92 Å². The Morgan fingerprint density at radius 2 is 1.90 bits per heavy atom. The first kappa shape index (κ1) is 19.4. The SMILES string of the molecule is COc1ccc(-c2csc(-n3[nH]c(C)c(N=Nc4ccc(O)cc4O)c3=O)n2)cc1. The van der Waals surface area contributed by atoms with E-state index in [0.717, 1.165) is 23.1 Å². The predicted molar refractivity (Wildman–Crippen MR) is 113 cm³/mol. The number of aromatic hydroxyl groups is 2. The molecule has 0 fully saturated rings. The Morgan fingerprint density at radius 1 is 1.13 bits per heavy atom. The van der Waals surface area contributed by atoms with Gasteiger partial charge in [0.25, 0.3) is 0 Å². The maximum atomic E-state index is 12.8. The average molecular weight is 423 g/mol. The van der Waals surface area contributed by atoms with Crippen molar-refractivity contribution in [1.29, 1.82) is 0 Å². The molecule has 4 rings (SSSR count). The highest BCUT2D eigenvalue weighted by Crippen LogP contribution is 2.31. The van der Waals surface area contributed by atoms with Crippen molar-refractivity contribution in [3.05, 3.63) is 63.9 Å². The van der Waals surface area contributed by atoms with E-state index in [2.05, 4.69) is 20.3 Å². The minimum atomic E-state index is -0.412. The summed E-state index contributed by atoms with van der Waals surface area (Å²) in [6, 6.07) is 11.4. The zero-order valence-corrected chi connectivity index (χ0v) is 16.8. The number of hydrogen-bond donors (Lipinski definition) is 3. The molecule has 0 radical (unpaired) electrons. The molecule has 2 heterocycles. The van der Waals surface area contributed by atoms with Crippen molar-refractivity contribution in [3.63, 3.8) is 0 Å². The van der Waals surface area contributed by atoms with Crippen molar-refractivity contribution in [2.24, 2.45) is 10.2 Å². The van der Waals surface area contributed by atoms with E-state index in [4.69, 9.17) is 4.74 Å². The quantitative estimate of drug-likeness (QED) is 0.409. The number of ether oxygens (including phenoxy) is 1. The number of nitrogens with one attached hydrogen (secondary N) is 1. The van der Waals surface area contributed by atoms with Gasteiger partial charge in [-0.15, -0.1) is 21.6 Å². The Morgan fingerprint density at radius 3 is 2.60 bits per heavy atom. The van der Waals surface area contributed by atoms with E-state index in [9.17, 15) is 15.0 Å². The Kier molecular flexibility index (Phi) is 5.07. The molecule has 0 aliphatic rings. The van der Waals surface area contributed by atoms with Crippen LogP contribution < -0.4 is 10.3 Å². The molecule has 3 N–H and O–H groups in total. The third kappa shape index (κ3) is 3.67. The molecule has 10 heteroatoms. The molecular formula is C20H17N5O4S. The van der Waals surface area contributed by atoms with Gasteiger partial charge in [0.15, 0.2) is 5.69 Å². The number of aromatic nitrogens is 3. The second-order valence-electron chi connectivity index (χ2n) is 6.34. The third-order valence-electron chi connectivity index (χ3n) is 4.33. The first-order chi connectivity index (χ1) is 14.5. The smallest absolute Gasteiger partial charge is 0.301 e. The van der Waals surface area contributed by atoms with E-state index in [1.165, 1.54) is 28.2 Å². The lowest BCUT2D eigenvalue weighted by Crippen LogP contribution is -2.13. The summed E-state index contributed by atoms with van der Waals surface area (Å²) < 4.78 is 6.47. The van der Waals surface area contributed by atoms with Gasteiger partial charge in [0.2, 0.25) is 5.13 Å². The van der Waals surface area contributed by atoms with Crippen molar-refractivity contribution in [1.82, 2.24) is 14.8 Å². The number of hydrogen-bond acceptors (Lipinski definition) is 8. The molecule has 0 atom stereocenters. The van der Waals surface area contributed by atoms with Crippen LogP contribution >= 0.6 is 11.3 Å². The van der Waals surface area contributed by atoms with Crippen LogP contribution in [0.1, 0.15) is 5.69 Å². The summed E-state index contributed by atoms with van der Waals surface area (Å²) in [4.78, 5) is 17.3. The van der Waals surface area contributed by atoms with Gasteiger partial charge in [-0.25, -0.2) is 4.98 Å². The molecule has 0 bridgehead atoms. The van der Waals surface area contributed by atoms with Crippen molar-refractivity contribution in [3.8, 4) is 33.6 Å². The van der Waals surface area contributed by atoms with Crippen LogP contribution in [0.25, 0.3) is 16.4 Å². The number of aromatic amines is 1. The number of nitrogens with zero attached hydrogens (tertiary/aromatic N) is 4. The molecule has 2 aromatic heterocycles. The van der Waals surface area contributed by atoms with Gasteiger partial charge in [0, 0.05) is 17.0 Å². The number of aryl methyl sites for hydroxylation is 1. The summed E-state index contributed by atoms with van der Waals surface area (Å²) in [5.74, 6) is 0.416. The van der Waals surface area contributed by atoms with Crippen LogP contribution in [0.15, 0.2) is 62.9 Å². The largest absolute Gasteiger partial charge is 0.508 e. The Balaban J connectivity index is 1.64. The molecule has 9 nitrogen and oxygen atoms in total. The molecule has 30 heavy (non-hydrogen) atoms. The lowest BCUT2D eigenvalue weighted by molar-refractivity contribution is 0.415. The molecule has 152 valence electrons. The highest BCUT2D eigenvalue weighted by atomic mass is 32.1. The van der Waals surface area contributed by atoms with Crippen LogP contribution in [0, 0.1) is 6.92 Å². The number of methoxy groups -OCH3 is 1. The molecule has 0 saturated heterocycles. The lowest BCUT2D eigenvalue weighted by atomic mass is 10.2. The molecule has 0 amide bonds. The Hall–Kier alpha value is -3.92. The van der Waals surface area contributed by atoms with Crippen LogP contribution in [-0.2, 0) is 0 Å². The Labute approximate surface area is 174 Å². The van der Waals surface area contributed by atoms with Crippen LogP contribution in [0.3, 0.4) is 0 Å². The Bertz CT molecular complexity index is 1290. The minimum Gasteiger partial charge on any atom is -0.508 e. The van der Waals surface area contributed by atoms with E-state index in [-0.39, 0.29) is 22.9 Å². The van der Waals surface area contributed by atoms with Gasteiger partial charge >= 0.3 is 5.56 Å². The van der Waals surface area contributed by atoms with Gasteiger partial charge in [0.1, 0.15) is 22.9 Å². The van der Waals surface area contributed by atoms with Crippen LogP contribution in [0.5, 0.6) is 17.2 Å². The predicted octanol–water partition coefficient (Wildman–Crippen LogP) is 4.43. The highest BCUT2D eigenvalue weighted by molar-refractivity contribution is 7.12. The van der Waals surface area contributed by atoms with Gasteiger partial charge in [-0.3, -0.25) is 9.89 Å². The zero-order chi connectivity index (χ0) is 21.3. The van der Waals surface area contributed by atoms with E-state index >= 15 is 0 Å². The third-order valence-corrected chi connectivity index (χ3v) is 5.15. The number of H-pyrrole nitrogens is 1. The van der Waals surface area contributed by atoms with Gasteiger partial charge in [-0.05, 0) is 43.3 Å². The summed E-state index contributed by atoms with van der Waals surface area (Å²) in [5, 5.41) is 32.3. The first-order valence-electron chi connectivity index (χ1n) is 8.82. The fraction of sp³-hybridized carbons (Fsp3) is 0.100. The highest BCUT2D eigenvalue weighted by Gasteiger charge is 2.15. The summed E-state index contributed by atoms with van der Waals surface area (Å²) >= 11 is 1.31.